The number of rotatable bonds is 3. The molecule has 0 aliphatic carbocycles. The number of nitrogens with two attached hydrogens (primary N) is 1. The fraction of sp³-hybridized carbons (Fsp3) is 0.600. The van der Waals surface area contributed by atoms with E-state index in [4.69, 9.17) is 10.6 Å². The highest BCUT2D eigenvalue weighted by Gasteiger charge is 2.24. The summed E-state index contributed by atoms with van der Waals surface area (Å²) in [4.78, 5) is 0. The van der Waals surface area contributed by atoms with E-state index in [0.717, 1.165) is 19.6 Å². The molecule has 1 aliphatic heterocycles. The molecule has 2 rings (SSSR count). The molecule has 1 fully saturated rings. The van der Waals surface area contributed by atoms with E-state index in [-0.39, 0.29) is 6.04 Å². The minimum Gasteiger partial charge on any atom is -0.381 e. The van der Waals surface area contributed by atoms with Gasteiger partial charge in [0.2, 0.25) is 0 Å². The van der Waals surface area contributed by atoms with Gasteiger partial charge in [-0.05, 0) is 35.2 Å². The third-order valence-electron chi connectivity index (χ3n) is 2.75. The number of hydrogen-bond donors (Lipinski definition) is 2. The summed E-state index contributed by atoms with van der Waals surface area (Å²) in [6, 6.07) is 2.38. The lowest BCUT2D eigenvalue weighted by Crippen LogP contribution is -2.37. The Bertz CT molecular complexity index is 257. The first-order valence-electron chi connectivity index (χ1n) is 4.98. The standard InChI is InChI=1S/C10H16N2OS/c11-12-10(9-3-5-14-7-9)8-2-1-4-13-6-8/h3,5,7-8,10,12H,1-2,4,6,11H2. The zero-order valence-corrected chi connectivity index (χ0v) is 8.93. The van der Waals surface area contributed by atoms with Crippen molar-refractivity contribution in [1.82, 2.24) is 5.43 Å². The number of hydrazine groups is 1. The highest BCUT2D eigenvalue weighted by Crippen LogP contribution is 2.29. The Balaban J connectivity index is 2.04. The zero-order valence-electron chi connectivity index (χ0n) is 8.11. The third-order valence-corrected chi connectivity index (χ3v) is 3.45. The quantitative estimate of drug-likeness (QED) is 0.592. The van der Waals surface area contributed by atoms with E-state index in [2.05, 4.69) is 22.3 Å². The molecule has 3 nitrogen and oxygen atoms in total. The average molecular weight is 212 g/mol. The maximum absolute atomic E-state index is 5.59. The van der Waals surface area contributed by atoms with Crippen LogP contribution < -0.4 is 11.3 Å². The van der Waals surface area contributed by atoms with Gasteiger partial charge in [0.1, 0.15) is 0 Å². The molecule has 1 aromatic rings. The lowest BCUT2D eigenvalue weighted by molar-refractivity contribution is 0.0391. The third kappa shape index (κ3) is 2.15. The Labute approximate surface area is 88.2 Å². The Morgan fingerprint density at radius 1 is 1.64 bits per heavy atom. The number of nitrogens with one attached hydrogen (secondary N) is 1. The molecule has 78 valence electrons. The molecular weight excluding hydrogens is 196 g/mol. The van der Waals surface area contributed by atoms with Crippen LogP contribution in [0.2, 0.25) is 0 Å². The highest BCUT2D eigenvalue weighted by atomic mass is 32.1. The van der Waals surface area contributed by atoms with E-state index in [1.807, 2.05) is 0 Å². The molecule has 0 aromatic carbocycles. The van der Waals surface area contributed by atoms with Gasteiger partial charge >= 0.3 is 0 Å². The molecule has 0 saturated carbocycles. The SMILES string of the molecule is NNC(c1ccsc1)C1CCCOC1. The van der Waals surface area contributed by atoms with Gasteiger partial charge in [-0.2, -0.15) is 11.3 Å². The van der Waals surface area contributed by atoms with Crippen LogP contribution in [0.5, 0.6) is 0 Å². The second kappa shape index (κ2) is 4.89. The smallest absolute Gasteiger partial charge is 0.0518 e. The Morgan fingerprint density at radius 2 is 2.57 bits per heavy atom. The molecule has 1 aromatic heterocycles. The molecule has 2 heterocycles. The van der Waals surface area contributed by atoms with Crippen molar-refractivity contribution in [2.75, 3.05) is 13.2 Å². The minimum absolute atomic E-state index is 0.251. The van der Waals surface area contributed by atoms with Gasteiger partial charge < -0.3 is 4.74 Å². The van der Waals surface area contributed by atoms with Gasteiger partial charge in [0.25, 0.3) is 0 Å². The Morgan fingerprint density at radius 3 is 3.14 bits per heavy atom. The van der Waals surface area contributed by atoms with Crippen LogP contribution in [0.25, 0.3) is 0 Å². The lowest BCUT2D eigenvalue weighted by Gasteiger charge is -2.29. The van der Waals surface area contributed by atoms with Crippen LogP contribution in [0.3, 0.4) is 0 Å². The van der Waals surface area contributed by atoms with E-state index in [1.54, 1.807) is 11.3 Å². The Kier molecular flexibility index (Phi) is 3.53. The summed E-state index contributed by atoms with van der Waals surface area (Å²) in [6.45, 7) is 1.72. The van der Waals surface area contributed by atoms with Crippen LogP contribution in [0.4, 0.5) is 0 Å². The highest BCUT2D eigenvalue weighted by molar-refractivity contribution is 7.07. The summed E-state index contributed by atoms with van der Waals surface area (Å²) in [5.41, 5.74) is 4.19. The molecule has 2 unspecified atom stereocenters. The summed E-state index contributed by atoms with van der Waals surface area (Å²) >= 11 is 1.71. The molecule has 0 amide bonds. The average Bonchev–Trinajstić information content (AvgIpc) is 2.74. The van der Waals surface area contributed by atoms with Crippen LogP contribution in [0.15, 0.2) is 16.8 Å². The van der Waals surface area contributed by atoms with Gasteiger partial charge in [0.05, 0.1) is 12.6 Å². The van der Waals surface area contributed by atoms with E-state index in [0.29, 0.717) is 5.92 Å². The monoisotopic (exact) mass is 212 g/mol. The Hall–Kier alpha value is -0.420. The molecule has 1 aliphatic rings. The topological polar surface area (TPSA) is 47.3 Å². The molecule has 3 N–H and O–H groups in total. The molecule has 14 heavy (non-hydrogen) atoms. The van der Waals surface area contributed by atoms with Crippen LogP contribution in [-0.2, 0) is 4.74 Å². The van der Waals surface area contributed by atoms with Crippen molar-refractivity contribution in [2.24, 2.45) is 11.8 Å². The molecule has 0 bridgehead atoms. The fourth-order valence-electron chi connectivity index (χ4n) is 1.98. The maximum Gasteiger partial charge on any atom is 0.0518 e. The lowest BCUT2D eigenvalue weighted by atomic mass is 9.90. The maximum atomic E-state index is 5.59. The van der Waals surface area contributed by atoms with Crippen LogP contribution >= 0.6 is 11.3 Å². The largest absolute Gasteiger partial charge is 0.381 e. The van der Waals surface area contributed by atoms with Crippen molar-refractivity contribution in [3.63, 3.8) is 0 Å². The summed E-state index contributed by atoms with van der Waals surface area (Å²) < 4.78 is 5.47. The molecule has 2 atom stereocenters. The first kappa shape index (κ1) is 10.1. The molecule has 0 radical (unpaired) electrons. The van der Waals surface area contributed by atoms with Crippen molar-refractivity contribution in [2.45, 2.75) is 18.9 Å². The predicted molar refractivity (Wildman–Crippen MR) is 57.9 cm³/mol. The normalized spacial score (nSPS) is 24.8. The van der Waals surface area contributed by atoms with Gasteiger partial charge in [-0.1, -0.05) is 0 Å². The van der Waals surface area contributed by atoms with Crippen molar-refractivity contribution in [1.29, 1.82) is 0 Å². The van der Waals surface area contributed by atoms with Crippen LogP contribution in [0.1, 0.15) is 24.4 Å². The van der Waals surface area contributed by atoms with E-state index in [9.17, 15) is 0 Å². The number of ether oxygens (including phenoxy) is 1. The van der Waals surface area contributed by atoms with E-state index in [1.165, 1.54) is 12.0 Å². The van der Waals surface area contributed by atoms with Gasteiger partial charge in [-0.25, -0.2) is 0 Å². The van der Waals surface area contributed by atoms with Gasteiger partial charge in [0, 0.05) is 12.5 Å². The number of hydrogen-bond acceptors (Lipinski definition) is 4. The van der Waals surface area contributed by atoms with Crippen molar-refractivity contribution >= 4 is 11.3 Å². The van der Waals surface area contributed by atoms with Crippen molar-refractivity contribution < 1.29 is 4.74 Å². The van der Waals surface area contributed by atoms with Crippen LogP contribution in [-0.4, -0.2) is 13.2 Å². The summed E-state index contributed by atoms with van der Waals surface area (Å²) in [5.74, 6) is 6.11. The zero-order chi connectivity index (χ0) is 9.80. The van der Waals surface area contributed by atoms with Gasteiger partial charge in [-0.15, -0.1) is 0 Å². The summed E-state index contributed by atoms with van der Waals surface area (Å²) in [6.07, 6.45) is 2.34. The fourth-order valence-corrected chi connectivity index (χ4v) is 2.68. The predicted octanol–water partition coefficient (Wildman–Crippen LogP) is 1.68. The molecule has 4 heteroatoms. The van der Waals surface area contributed by atoms with E-state index >= 15 is 0 Å². The van der Waals surface area contributed by atoms with E-state index < -0.39 is 0 Å². The molecule has 0 spiro atoms. The first-order valence-corrected chi connectivity index (χ1v) is 5.92. The van der Waals surface area contributed by atoms with Crippen molar-refractivity contribution in [3.05, 3.63) is 22.4 Å². The molecule has 1 saturated heterocycles. The second-order valence-electron chi connectivity index (χ2n) is 3.68. The summed E-state index contributed by atoms with van der Waals surface area (Å²) in [5, 5.41) is 4.24. The second-order valence-corrected chi connectivity index (χ2v) is 4.46. The minimum atomic E-state index is 0.251. The number of thiophene rings is 1. The van der Waals surface area contributed by atoms with Crippen LogP contribution in [0, 0.1) is 5.92 Å². The van der Waals surface area contributed by atoms with Gasteiger partial charge in [0.15, 0.2) is 0 Å². The first-order chi connectivity index (χ1) is 6.92. The summed E-state index contributed by atoms with van der Waals surface area (Å²) in [7, 11) is 0. The molecular formula is C10H16N2OS. The van der Waals surface area contributed by atoms with Crippen molar-refractivity contribution in [3.8, 4) is 0 Å². The van der Waals surface area contributed by atoms with Gasteiger partial charge in [-0.3, -0.25) is 11.3 Å².